The lowest BCUT2D eigenvalue weighted by molar-refractivity contribution is -0.144. The first-order valence-electron chi connectivity index (χ1n) is 11.7. The number of nitrogens with zero attached hydrogens (tertiary/aromatic N) is 3. The number of carbonyl (C=O) groups excluding carboxylic acids is 2. The molecule has 178 valence electrons. The molecule has 0 saturated heterocycles. The topological polar surface area (TPSA) is 92.5 Å². The van der Waals surface area contributed by atoms with E-state index in [1.54, 1.807) is 27.8 Å². The fraction of sp³-hybridized carbons (Fsp3) is 0.520. The molecule has 1 N–H and O–H groups in total. The van der Waals surface area contributed by atoms with Crippen LogP contribution in [0.3, 0.4) is 0 Å². The molecule has 1 amide bonds. The van der Waals surface area contributed by atoms with E-state index < -0.39 is 11.9 Å². The van der Waals surface area contributed by atoms with Crippen LogP contribution >= 0.6 is 11.6 Å². The van der Waals surface area contributed by atoms with Crippen LogP contribution < -0.4 is 0 Å². The Bertz CT molecular complexity index is 986. The number of aromatic nitrogens is 2. The lowest BCUT2D eigenvalue weighted by Crippen LogP contribution is -2.45. The molecule has 0 spiro atoms. The van der Waals surface area contributed by atoms with Crippen LogP contribution in [0, 0.1) is 5.92 Å². The second-order valence-electron chi connectivity index (χ2n) is 8.77. The minimum Gasteiger partial charge on any atom is -0.481 e. The van der Waals surface area contributed by atoms with Gasteiger partial charge in [0, 0.05) is 23.6 Å². The average Bonchev–Trinajstić information content (AvgIpc) is 3.23. The standard InChI is InChI=1S/C25H32ClN3O4/c1-3-5-6-8-20-15-28(16-21(30)13-18(7-4-2)25(32)33)24(31)23-14-22(27-29(20)23)17-9-11-19(26)12-10-17/h9-12,14,18,20H,3-8,13,15-16H2,1-2H3,(H,32,33). The number of aliphatic carboxylic acids is 1. The molecule has 2 unspecified atom stereocenters. The number of carboxylic acid groups (broad SMARTS) is 1. The van der Waals surface area contributed by atoms with E-state index in [2.05, 4.69) is 6.92 Å². The summed E-state index contributed by atoms with van der Waals surface area (Å²) in [4.78, 5) is 39.0. The third kappa shape index (κ3) is 6.22. The number of Topliss-reactive ketones (excluding diaryl/α,β-unsaturated/α-hetero) is 1. The molecule has 1 aromatic heterocycles. The van der Waals surface area contributed by atoms with Crippen LogP contribution in [-0.4, -0.2) is 50.5 Å². The van der Waals surface area contributed by atoms with Crippen molar-refractivity contribution >= 4 is 29.3 Å². The van der Waals surface area contributed by atoms with Crippen molar-refractivity contribution in [2.45, 2.75) is 64.8 Å². The van der Waals surface area contributed by atoms with Gasteiger partial charge in [0.25, 0.3) is 5.91 Å². The molecule has 3 rings (SSSR count). The largest absolute Gasteiger partial charge is 0.481 e. The second-order valence-corrected chi connectivity index (χ2v) is 9.20. The van der Waals surface area contributed by atoms with E-state index in [4.69, 9.17) is 16.7 Å². The fourth-order valence-corrected chi connectivity index (χ4v) is 4.49. The number of amides is 1. The normalized spacial score (nSPS) is 16.5. The molecular weight excluding hydrogens is 442 g/mol. The number of carboxylic acids is 1. The van der Waals surface area contributed by atoms with E-state index in [9.17, 15) is 19.5 Å². The molecule has 0 fully saturated rings. The number of fused-ring (bicyclic) bond motifs is 1. The van der Waals surface area contributed by atoms with Crippen LogP contribution in [0.1, 0.15) is 75.3 Å². The number of halogens is 1. The summed E-state index contributed by atoms with van der Waals surface area (Å²) in [6.45, 7) is 4.37. The SMILES string of the molecule is CCCCCC1CN(CC(=O)CC(CCC)C(=O)O)C(=O)c2cc(-c3ccc(Cl)cc3)nn21. The van der Waals surface area contributed by atoms with Gasteiger partial charge in [-0.1, -0.05) is 63.3 Å². The summed E-state index contributed by atoms with van der Waals surface area (Å²) in [7, 11) is 0. The number of ketones is 1. The maximum atomic E-state index is 13.2. The van der Waals surface area contributed by atoms with Gasteiger partial charge in [-0.2, -0.15) is 5.10 Å². The number of unbranched alkanes of at least 4 members (excludes halogenated alkanes) is 2. The number of benzene rings is 1. The Labute approximate surface area is 199 Å². The summed E-state index contributed by atoms with van der Waals surface area (Å²) in [6, 6.07) is 9.06. The van der Waals surface area contributed by atoms with E-state index in [1.165, 1.54) is 0 Å². The highest BCUT2D eigenvalue weighted by molar-refractivity contribution is 6.30. The first kappa shape index (κ1) is 25.0. The molecular formula is C25H32ClN3O4. The average molecular weight is 474 g/mol. The van der Waals surface area contributed by atoms with E-state index >= 15 is 0 Å². The molecule has 0 aliphatic carbocycles. The molecule has 2 heterocycles. The first-order chi connectivity index (χ1) is 15.8. The Morgan fingerprint density at radius 3 is 2.55 bits per heavy atom. The first-order valence-corrected chi connectivity index (χ1v) is 12.1. The van der Waals surface area contributed by atoms with Gasteiger partial charge in [0.15, 0.2) is 5.78 Å². The summed E-state index contributed by atoms with van der Waals surface area (Å²) in [5.74, 6) is -2.13. The second kappa shape index (κ2) is 11.5. The minimum absolute atomic E-state index is 0.0241. The van der Waals surface area contributed by atoms with Gasteiger partial charge in [0.1, 0.15) is 5.69 Å². The highest BCUT2D eigenvalue weighted by Crippen LogP contribution is 2.30. The van der Waals surface area contributed by atoms with Crippen LogP contribution in [0.25, 0.3) is 11.3 Å². The molecule has 33 heavy (non-hydrogen) atoms. The Kier molecular flexibility index (Phi) is 8.67. The minimum atomic E-state index is -0.960. The van der Waals surface area contributed by atoms with Gasteiger partial charge in [0.05, 0.1) is 24.2 Å². The molecule has 2 atom stereocenters. The molecule has 0 bridgehead atoms. The van der Waals surface area contributed by atoms with Gasteiger partial charge in [0.2, 0.25) is 0 Å². The van der Waals surface area contributed by atoms with Gasteiger partial charge in [-0.3, -0.25) is 19.1 Å². The molecule has 2 aromatic rings. The third-order valence-corrected chi connectivity index (χ3v) is 6.38. The van der Waals surface area contributed by atoms with Gasteiger partial charge in [-0.15, -0.1) is 0 Å². The lowest BCUT2D eigenvalue weighted by atomic mass is 9.97. The van der Waals surface area contributed by atoms with Crippen LogP contribution in [0.2, 0.25) is 5.02 Å². The maximum Gasteiger partial charge on any atom is 0.306 e. The predicted molar refractivity (Wildman–Crippen MR) is 127 cm³/mol. The van der Waals surface area contributed by atoms with Gasteiger partial charge < -0.3 is 10.0 Å². The summed E-state index contributed by atoms with van der Waals surface area (Å²) in [5, 5.41) is 14.7. The van der Waals surface area contributed by atoms with Gasteiger partial charge in [-0.05, 0) is 31.0 Å². The molecule has 8 heteroatoms. The van der Waals surface area contributed by atoms with Crippen molar-refractivity contribution < 1.29 is 19.5 Å². The smallest absolute Gasteiger partial charge is 0.306 e. The molecule has 0 radical (unpaired) electrons. The highest BCUT2D eigenvalue weighted by atomic mass is 35.5. The van der Waals surface area contributed by atoms with Crippen LogP contribution in [0.4, 0.5) is 0 Å². The molecule has 7 nitrogen and oxygen atoms in total. The van der Waals surface area contributed by atoms with Gasteiger partial charge in [-0.25, -0.2) is 0 Å². The zero-order valence-electron chi connectivity index (χ0n) is 19.3. The van der Waals surface area contributed by atoms with Crippen LogP contribution in [-0.2, 0) is 9.59 Å². The number of rotatable bonds is 12. The zero-order chi connectivity index (χ0) is 24.0. The van der Waals surface area contributed by atoms with Crippen LogP contribution in [0.5, 0.6) is 0 Å². The number of hydrogen-bond acceptors (Lipinski definition) is 4. The Hall–Kier alpha value is -2.67. The Morgan fingerprint density at radius 2 is 1.91 bits per heavy atom. The Balaban J connectivity index is 1.82. The van der Waals surface area contributed by atoms with E-state index in [0.29, 0.717) is 35.8 Å². The summed E-state index contributed by atoms with van der Waals surface area (Å²) >= 11 is 6.01. The van der Waals surface area contributed by atoms with Crippen molar-refractivity contribution in [1.82, 2.24) is 14.7 Å². The van der Waals surface area contributed by atoms with Crippen molar-refractivity contribution in [2.75, 3.05) is 13.1 Å². The number of carbonyl (C=O) groups is 3. The highest BCUT2D eigenvalue weighted by Gasteiger charge is 2.34. The van der Waals surface area contributed by atoms with E-state index in [0.717, 1.165) is 31.2 Å². The molecule has 1 aromatic carbocycles. The van der Waals surface area contributed by atoms with E-state index in [1.807, 2.05) is 19.1 Å². The fourth-order valence-electron chi connectivity index (χ4n) is 4.36. The lowest BCUT2D eigenvalue weighted by Gasteiger charge is -2.33. The monoisotopic (exact) mass is 473 g/mol. The van der Waals surface area contributed by atoms with E-state index in [-0.39, 0.29) is 30.7 Å². The zero-order valence-corrected chi connectivity index (χ0v) is 20.1. The van der Waals surface area contributed by atoms with Crippen LogP contribution in [0.15, 0.2) is 30.3 Å². The molecule has 1 aliphatic heterocycles. The number of hydrogen-bond donors (Lipinski definition) is 1. The van der Waals surface area contributed by atoms with Crippen molar-refractivity contribution in [2.24, 2.45) is 5.92 Å². The quantitative estimate of drug-likeness (QED) is 0.425. The molecule has 0 saturated carbocycles. The molecule has 1 aliphatic rings. The van der Waals surface area contributed by atoms with Crippen molar-refractivity contribution in [3.8, 4) is 11.3 Å². The summed E-state index contributed by atoms with van der Waals surface area (Å²) < 4.78 is 1.81. The third-order valence-electron chi connectivity index (χ3n) is 6.13. The van der Waals surface area contributed by atoms with Gasteiger partial charge >= 0.3 is 5.97 Å². The predicted octanol–water partition coefficient (Wildman–Crippen LogP) is 5.24. The van der Waals surface area contributed by atoms with Crippen molar-refractivity contribution in [1.29, 1.82) is 0 Å². The maximum absolute atomic E-state index is 13.2. The van der Waals surface area contributed by atoms with Crippen molar-refractivity contribution in [3.05, 3.63) is 41.0 Å². The van der Waals surface area contributed by atoms with Crippen molar-refractivity contribution in [3.63, 3.8) is 0 Å². The Morgan fingerprint density at radius 1 is 1.18 bits per heavy atom. The summed E-state index contributed by atoms with van der Waals surface area (Å²) in [5.41, 5.74) is 2.02. The summed E-state index contributed by atoms with van der Waals surface area (Å²) in [6.07, 6.45) is 5.12.